The van der Waals surface area contributed by atoms with Crippen LogP contribution < -0.4 is 15.0 Å². The number of benzene rings is 3. The Morgan fingerprint density at radius 3 is 2.42 bits per heavy atom. The van der Waals surface area contributed by atoms with Crippen LogP contribution in [0.5, 0.6) is 11.6 Å². The van der Waals surface area contributed by atoms with Crippen molar-refractivity contribution >= 4 is 38.4 Å². The molecule has 5 rings (SSSR count). The van der Waals surface area contributed by atoms with Crippen molar-refractivity contribution in [2.75, 3.05) is 11.8 Å². The lowest BCUT2D eigenvalue weighted by Crippen LogP contribution is -2.21. The van der Waals surface area contributed by atoms with Crippen molar-refractivity contribution in [3.8, 4) is 17.3 Å². The zero-order valence-electron chi connectivity index (χ0n) is 20.1. The van der Waals surface area contributed by atoms with Gasteiger partial charge in [-0.05, 0) is 48.5 Å². The topological polar surface area (TPSA) is 123 Å². The van der Waals surface area contributed by atoms with E-state index in [4.69, 9.17) is 4.74 Å². The molecule has 0 fully saturated rings. The molecule has 190 valence electrons. The standard InChI is InChI=1S/C28H22N4O5S/c1-37-26-12-5-4-11-25(26)31-38(35,36)21-8-6-7-20(17-21)32-27(33)23-10-3-2-9-22(23)24(28(32)34)18-30-19-13-15-29-16-14-19/h2-18,31,34H,1H3. The highest BCUT2D eigenvalue weighted by Gasteiger charge is 2.20. The number of nitrogens with one attached hydrogen (secondary N) is 1. The maximum Gasteiger partial charge on any atom is 0.265 e. The number of sulfonamides is 1. The summed E-state index contributed by atoms with van der Waals surface area (Å²) in [6.07, 6.45) is 4.65. The first-order valence-electron chi connectivity index (χ1n) is 11.5. The highest BCUT2D eigenvalue weighted by molar-refractivity contribution is 7.92. The van der Waals surface area contributed by atoms with Crippen molar-refractivity contribution < 1.29 is 18.3 Å². The Kier molecular flexibility index (Phi) is 6.63. The Labute approximate surface area is 218 Å². The molecule has 0 aliphatic heterocycles. The molecule has 0 saturated carbocycles. The molecule has 0 amide bonds. The number of para-hydroxylation sites is 2. The molecule has 38 heavy (non-hydrogen) atoms. The van der Waals surface area contributed by atoms with Crippen LogP contribution in [-0.4, -0.2) is 36.4 Å². The van der Waals surface area contributed by atoms with Gasteiger partial charge in [0.05, 0.1) is 34.6 Å². The SMILES string of the molecule is COc1ccccc1NS(=O)(=O)c1cccc(-n2c(O)c(C=Nc3ccncc3)c3ccccc3c2=O)c1. The predicted octanol–water partition coefficient (Wildman–Crippen LogP) is 4.65. The summed E-state index contributed by atoms with van der Waals surface area (Å²) in [5.74, 6) is -0.0208. The fourth-order valence-electron chi connectivity index (χ4n) is 4.02. The summed E-state index contributed by atoms with van der Waals surface area (Å²) in [6.45, 7) is 0. The summed E-state index contributed by atoms with van der Waals surface area (Å²) in [5, 5.41) is 12.1. The molecule has 0 saturated heterocycles. The third kappa shape index (κ3) is 4.72. The third-order valence-corrected chi connectivity index (χ3v) is 7.21. The largest absolute Gasteiger partial charge is 0.495 e. The van der Waals surface area contributed by atoms with Gasteiger partial charge >= 0.3 is 0 Å². The number of aliphatic imine (C=N–C) groups is 1. The van der Waals surface area contributed by atoms with Gasteiger partial charge in [-0.15, -0.1) is 0 Å². The van der Waals surface area contributed by atoms with E-state index in [2.05, 4.69) is 14.7 Å². The molecule has 2 N–H and O–H groups in total. The molecule has 0 atom stereocenters. The van der Waals surface area contributed by atoms with Crippen LogP contribution in [0.2, 0.25) is 0 Å². The molecule has 0 aliphatic rings. The number of rotatable bonds is 7. The van der Waals surface area contributed by atoms with Crippen LogP contribution in [0.3, 0.4) is 0 Å². The van der Waals surface area contributed by atoms with Crippen LogP contribution in [0, 0.1) is 0 Å². The normalized spacial score (nSPS) is 11.6. The highest BCUT2D eigenvalue weighted by atomic mass is 32.2. The maximum atomic E-state index is 13.5. The summed E-state index contributed by atoms with van der Waals surface area (Å²) < 4.78 is 35.3. The molecule has 0 spiro atoms. The Morgan fingerprint density at radius 1 is 0.947 bits per heavy atom. The van der Waals surface area contributed by atoms with Crippen molar-refractivity contribution in [3.63, 3.8) is 0 Å². The molecular formula is C28H22N4O5S. The smallest absolute Gasteiger partial charge is 0.265 e. The first-order chi connectivity index (χ1) is 18.4. The summed E-state index contributed by atoms with van der Waals surface area (Å²) in [5.41, 5.74) is 0.834. The number of pyridine rings is 2. The minimum absolute atomic E-state index is 0.104. The number of fused-ring (bicyclic) bond motifs is 1. The zero-order valence-corrected chi connectivity index (χ0v) is 21.0. The fourth-order valence-corrected chi connectivity index (χ4v) is 5.13. The van der Waals surface area contributed by atoms with E-state index in [-0.39, 0.29) is 22.2 Å². The van der Waals surface area contributed by atoms with Crippen LogP contribution in [0.15, 0.2) is 112 Å². The van der Waals surface area contributed by atoms with E-state index in [9.17, 15) is 18.3 Å². The minimum Gasteiger partial charge on any atom is -0.495 e. The minimum atomic E-state index is -4.06. The van der Waals surface area contributed by atoms with Crippen LogP contribution in [0.1, 0.15) is 5.56 Å². The monoisotopic (exact) mass is 526 g/mol. The van der Waals surface area contributed by atoms with Gasteiger partial charge in [0.25, 0.3) is 15.6 Å². The van der Waals surface area contributed by atoms with Crippen LogP contribution in [-0.2, 0) is 10.0 Å². The second kappa shape index (κ2) is 10.2. The van der Waals surface area contributed by atoms with Gasteiger partial charge < -0.3 is 9.84 Å². The first-order valence-corrected chi connectivity index (χ1v) is 12.9. The number of methoxy groups -OCH3 is 1. The van der Waals surface area contributed by atoms with Gasteiger partial charge in [-0.25, -0.2) is 13.0 Å². The maximum absolute atomic E-state index is 13.5. The quantitative estimate of drug-likeness (QED) is 0.298. The van der Waals surface area contributed by atoms with Gasteiger partial charge in [0, 0.05) is 29.4 Å². The first kappa shape index (κ1) is 24.7. The van der Waals surface area contributed by atoms with Gasteiger partial charge in [0.2, 0.25) is 5.88 Å². The third-order valence-electron chi connectivity index (χ3n) is 5.85. The number of nitrogens with zero attached hydrogens (tertiary/aromatic N) is 3. The van der Waals surface area contributed by atoms with E-state index < -0.39 is 15.6 Å². The van der Waals surface area contributed by atoms with Crippen molar-refractivity contribution in [2.24, 2.45) is 4.99 Å². The number of aromatic hydroxyl groups is 1. The average molecular weight is 527 g/mol. The lowest BCUT2D eigenvalue weighted by Gasteiger charge is -2.15. The number of anilines is 1. The fraction of sp³-hybridized carbons (Fsp3) is 0.0357. The summed E-state index contributed by atoms with van der Waals surface area (Å²) in [4.78, 5) is 21.8. The second-order valence-corrected chi connectivity index (χ2v) is 9.87. The van der Waals surface area contributed by atoms with Gasteiger partial charge in [-0.1, -0.05) is 36.4 Å². The lowest BCUT2D eigenvalue weighted by molar-refractivity contribution is 0.417. The van der Waals surface area contributed by atoms with Crippen molar-refractivity contribution in [2.45, 2.75) is 4.90 Å². The summed E-state index contributed by atoms with van der Waals surface area (Å²) in [7, 11) is -2.62. The zero-order chi connectivity index (χ0) is 26.7. The lowest BCUT2D eigenvalue weighted by atomic mass is 10.1. The Balaban J connectivity index is 1.64. The molecule has 9 nitrogen and oxygen atoms in total. The molecule has 0 radical (unpaired) electrons. The van der Waals surface area contributed by atoms with Gasteiger partial charge in [0.1, 0.15) is 5.75 Å². The van der Waals surface area contributed by atoms with Crippen LogP contribution >= 0.6 is 0 Å². The van der Waals surface area contributed by atoms with E-state index in [1.54, 1.807) is 79.1 Å². The van der Waals surface area contributed by atoms with Crippen LogP contribution in [0.25, 0.3) is 16.5 Å². The molecule has 5 aromatic rings. The molecule has 2 heterocycles. The second-order valence-electron chi connectivity index (χ2n) is 8.19. The Hall–Kier alpha value is -4.96. The number of ether oxygens (including phenoxy) is 1. The van der Waals surface area contributed by atoms with E-state index in [1.165, 1.54) is 31.5 Å². The molecule has 0 unspecified atom stereocenters. The molecule has 10 heteroatoms. The molecular weight excluding hydrogens is 504 g/mol. The molecule has 0 aliphatic carbocycles. The van der Waals surface area contributed by atoms with Gasteiger partial charge in [0.15, 0.2) is 0 Å². The Morgan fingerprint density at radius 2 is 1.66 bits per heavy atom. The Bertz CT molecular complexity index is 1830. The summed E-state index contributed by atoms with van der Waals surface area (Å²) >= 11 is 0. The summed E-state index contributed by atoms with van der Waals surface area (Å²) in [6, 6.07) is 22.6. The van der Waals surface area contributed by atoms with E-state index in [0.717, 1.165) is 4.57 Å². The highest BCUT2D eigenvalue weighted by Crippen LogP contribution is 2.29. The predicted molar refractivity (Wildman–Crippen MR) is 147 cm³/mol. The molecule has 2 aromatic heterocycles. The van der Waals surface area contributed by atoms with E-state index in [1.807, 2.05) is 0 Å². The molecule has 3 aromatic carbocycles. The van der Waals surface area contributed by atoms with Crippen LogP contribution in [0.4, 0.5) is 11.4 Å². The number of hydrogen-bond donors (Lipinski definition) is 2. The molecule has 0 bridgehead atoms. The van der Waals surface area contributed by atoms with E-state index >= 15 is 0 Å². The van der Waals surface area contributed by atoms with E-state index in [0.29, 0.717) is 27.8 Å². The van der Waals surface area contributed by atoms with Crippen molar-refractivity contribution in [3.05, 3.63) is 113 Å². The van der Waals surface area contributed by atoms with Crippen molar-refractivity contribution in [1.29, 1.82) is 0 Å². The average Bonchev–Trinajstić information content (AvgIpc) is 2.94. The van der Waals surface area contributed by atoms with Gasteiger partial charge in [-0.2, -0.15) is 0 Å². The van der Waals surface area contributed by atoms with Crippen molar-refractivity contribution in [1.82, 2.24) is 9.55 Å². The number of aromatic nitrogens is 2. The van der Waals surface area contributed by atoms with Gasteiger partial charge in [-0.3, -0.25) is 19.5 Å². The number of hydrogen-bond acceptors (Lipinski definition) is 7.